The Morgan fingerprint density at radius 2 is 1.68 bits per heavy atom. The average molecular weight is 307 g/mol. The first-order chi connectivity index (χ1) is 10.2. The maximum Gasteiger partial charge on any atom is -0.0297 e. The summed E-state index contributed by atoms with van der Waals surface area (Å²) in [5.74, 6) is 2.40. The van der Waals surface area contributed by atoms with Crippen molar-refractivity contribution in [2.75, 3.05) is 0 Å². The highest BCUT2D eigenvalue weighted by molar-refractivity contribution is 5.00. The number of hydrogen-bond acceptors (Lipinski definition) is 0. The van der Waals surface area contributed by atoms with Crippen molar-refractivity contribution in [1.82, 2.24) is 0 Å². The molecule has 0 saturated heterocycles. The quantitative estimate of drug-likeness (QED) is 0.341. The monoisotopic (exact) mass is 306 g/mol. The van der Waals surface area contributed by atoms with Crippen LogP contribution in [0, 0.1) is 23.2 Å². The Hall–Kier alpha value is -0.520. The third-order valence-corrected chi connectivity index (χ3v) is 5.24. The molecule has 0 rings (SSSR count). The Morgan fingerprint density at radius 3 is 2.18 bits per heavy atom. The first kappa shape index (κ1) is 21.5. The van der Waals surface area contributed by atoms with Crippen molar-refractivity contribution in [3.8, 4) is 0 Å². The molecule has 0 aromatic rings. The Morgan fingerprint density at radius 1 is 1.05 bits per heavy atom. The van der Waals surface area contributed by atoms with Gasteiger partial charge in [-0.3, -0.25) is 0 Å². The van der Waals surface area contributed by atoms with E-state index in [0.717, 1.165) is 24.2 Å². The van der Waals surface area contributed by atoms with E-state index in [1.54, 1.807) is 5.57 Å². The van der Waals surface area contributed by atoms with Crippen LogP contribution in [0.15, 0.2) is 24.3 Å². The van der Waals surface area contributed by atoms with Gasteiger partial charge in [-0.15, -0.1) is 6.58 Å². The van der Waals surface area contributed by atoms with Gasteiger partial charge in [0.1, 0.15) is 0 Å². The van der Waals surface area contributed by atoms with Gasteiger partial charge in [0.2, 0.25) is 0 Å². The van der Waals surface area contributed by atoms with Crippen molar-refractivity contribution >= 4 is 0 Å². The smallest absolute Gasteiger partial charge is 0.0297 e. The molecule has 130 valence electrons. The zero-order valence-corrected chi connectivity index (χ0v) is 16.5. The molecule has 3 atom stereocenters. The molecule has 22 heavy (non-hydrogen) atoms. The van der Waals surface area contributed by atoms with E-state index in [1.807, 2.05) is 0 Å². The minimum atomic E-state index is 0.431. The van der Waals surface area contributed by atoms with Gasteiger partial charge in [0.25, 0.3) is 0 Å². The SMILES string of the molecule is C=CCC(CC=C(C)CC(C)CCC)CCC(C)C(C)(C)C. The van der Waals surface area contributed by atoms with Gasteiger partial charge in [-0.1, -0.05) is 72.1 Å². The van der Waals surface area contributed by atoms with Crippen molar-refractivity contribution in [2.45, 2.75) is 93.4 Å². The summed E-state index contributed by atoms with van der Waals surface area (Å²) in [7, 11) is 0. The van der Waals surface area contributed by atoms with Crippen LogP contribution in [0.4, 0.5) is 0 Å². The summed E-state index contributed by atoms with van der Waals surface area (Å²) in [5.41, 5.74) is 2.01. The summed E-state index contributed by atoms with van der Waals surface area (Å²) in [6, 6.07) is 0. The van der Waals surface area contributed by atoms with Crippen LogP contribution in [0.3, 0.4) is 0 Å². The van der Waals surface area contributed by atoms with E-state index >= 15 is 0 Å². The molecule has 0 spiro atoms. The van der Waals surface area contributed by atoms with Crippen LogP contribution in [-0.4, -0.2) is 0 Å². The highest BCUT2D eigenvalue weighted by Crippen LogP contribution is 2.32. The van der Waals surface area contributed by atoms with E-state index in [1.165, 1.54) is 38.5 Å². The molecule has 0 bridgehead atoms. The number of allylic oxidation sites excluding steroid dienone is 3. The van der Waals surface area contributed by atoms with Gasteiger partial charge >= 0.3 is 0 Å². The van der Waals surface area contributed by atoms with E-state index < -0.39 is 0 Å². The van der Waals surface area contributed by atoms with Crippen molar-refractivity contribution in [1.29, 1.82) is 0 Å². The largest absolute Gasteiger partial charge is 0.103 e. The number of rotatable bonds is 11. The summed E-state index contributed by atoms with van der Waals surface area (Å²) < 4.78 is 0. The molecule has 0 N–H and O–H groups in total. The fraction of sp³-hybridized carbons (Fsp3) is 0.818. The Kier molecular flexibility index (Phi) is 10.8. The molecule has 0 aliphatic rings. The van der Waals surface area contributed by atoms with Gasteiger partial charge in [-0.25, -0.2) is 0 Å². The first-order valence-electron chi connectivity index (χ1n) is 9.47. The molecular formula is C22H42. The molecule has 3 unspecified atom stereocenters. The molecule has 0 saturated carbocycles. The Labute approximate surface area is 141 Å². The lowest BCUT2D eigenvalue weighted by atomic mass is 9.77. The van der Waals surface area contributed by atoms with E-state index in [2.05, 4.69) is 67.2 Å². The molecular weight excluding hydrogens is 264 g/mol. The van der Waals surface area contributed by atoms with Crippen molar-refractivity contribution in [2.24, 2.45) is 23.2 Å². The maximum atomic E-state index is 3.96. The van der Waals surface area contributed by atoms with Gasteiger partial charge in [0.05, 0.1) is 0 Å². The average Bonchev–Trinajstić information content (AvgIpc) is 2.40. The Bertz CT molecular complexity index is 315. The molecule has 0 aromatic carbocycles. The zero-order valence-electron chi connectivity index (χ0n) is 16.5. The van der Waals surface area contributed by atoms with Crippen LogP contribution >= 0.6 is 0 Å². The third kappa shape index (κ3) is 10.2. The molecule has 0 fully saturated rings. The van der Waals surface area contributed by atoms with Gasteiger partial charge in [-0.2, -0.15) is 0 Å². The topological polar surface area (TPSA) is 0 Å². The molecule has 0 aliphatic carbocycles. The molecule has 0 amide bonds. The highest BCUT2D eigenvalue weighted by atomic mass is 14.3. The van der Waals surface area contributed by atoms with Crippen LogP contribution in [0.1, 0.15) is 93.4 Å². The van der Waals surface area contributed by atoms with E-state index in [0.29, 0.717) is 5.41 Å². The Balaban J connectivity index is 4.36. The normalized spacial score (nSPS) is 17.1. The molecule has 0 heteroatoms. The van der Waals surface area contributed by atoms with Crippen LogP contribution in [0.25, 0.3) is 0 Å². The molecule has 0 radical (unpaired) electrons. The van der Waals surface area contributed by atoms with Crippen molar-refractivity contribution in [3.63, 3.8) is 0 Å². The summed E-state index contributed by atoms with van der Waals surface area (Å²) >= 11 is 0. The second kappa shape index (κ2) is 11.1. The maximum absolute atomic E-state index is 3.96. The highest BCUT2D eigenvalue weighted by Gasteiger charge is 2.20. The predicted octanol–water partition coefficient (Wildman–Crippen LogP) is 7.80. The van der Waals surface area contributed by atoms with Crippen molar-refractivity contribution < 1.29 is 0 Å². The van der Waals surface area contributed by atoms with E-state index in [9.17, 15) is 0 Å². The second-order valence-corrected chi connectivity index (χ2v) is 8.62. The lowest BCUT2D eigenvalue weighted by Gasteiger charge is -2.28. The molecule has 0 heterocycles. The van der Waals surface area contributed by atoms with Gasteiger partial charge in [-0.05, 0) is 62.2 Å². The van der Waals surface area contributed by atoms with E-state index in [4.69, 9.17) is 0 Å². The van der Waals surface area contributed by atoms with Crippen LogP contribution in [-0.2, 0) is 0 Å². The fourth-order valence-electron chi connectivity index (χ4n) is 3.08. The zero-order chi connectivity index (χ0) is 17.2. The minimum absolute atomic E-state index is 0.431. The van der Waals surface area contributed by atoms with E-state index in [-0.39, 0.29) is 0 Å². The molecule has 0 aliphatic heterocycles. The lowest BCUT2D eigenvalue weighted by Crippen LogP contribution is -2.18. The summed E-state index contributed by atoms with van der Waals surface area (Å²) in [5, 5.41) is 0. The summed E-state index contributed by atoms with van der Waals surface area (Å²) in [6.45, 7) is 20.4. The molecule has 0 nitrogen and oxygen atoms in total. The predicted molar refractivity (Wildman–Crippen MR) is 103 cm³/mol. The van der Waals surface area contributed by atoms with Gasteiger partial charge in [0, 0.05) is 0 Å². The van der Waals surface area contributed by atoms with Crippen LogP contribution < -0.4 is 0 Å². The number of hydrogen-bond donors (Lipinski definition) is 0. The molecule has 0 aromatic heterocycles. The van der Waals surface area contributed by atoms with Gasteiger partial charge < -0.3 is 0 Å². The lowest BCUT2D eigenvalue weighted by molar-refractivity contribution is 0.230. The summed E-state index contributed by atoms with van der Waals surface area (Å²) in [6.07, 6.45) is 13.6. The third-order valence-electron chi connectivity index (χ3n) is 5.24. The van der Waals surface area contributed by atoms with Gasteiger partial charge in [0.15, 0.2) is 0 Å². The van der Waals surface area contributed by atoms with Crippen LogP contribution in [0.5, 0.6) is 0 Å². The summed E-state index contributed by atoms with van der Waals surface area (Å²) in [4.78, 5) is 0. The fourth-order valence-corrected chi connectivity index (χ4v) is 3.08. The minimum Gasteiger partial charge on any atom is -0.103 e. The van der Waals surface area contributed by atoms with Crippen molar-refractivity contribution in [3.05, 3.63) is 24.3 Å². The second-order valence-electron chi connectivity index (χ2n) is 8.62. The van der Waals surface area contributed by atoms with Crippen LogP contribution in [0.2, 0.25) is 0 Å². The first-order valence-corrected chi connectivity index (χ1v) is 9.47. The standard InChI is InChI=1S/C22H42/c1-9-11-18(3)17-19(4)13-15-21(12-10-2)16-14-20(5)22(6,7)8/h10,13,18,20-21H,2,9,11-12,14-17H2,1,3-8H3.